The van der Waals surface area contributed by atoms with Crippen molar-refractivity contribution < 1.29 is 83.6 Å². The Morgan fingerprint density at radius 2 is 1.54 bits per heavy atom. The molecule has 2 fully saturated rings. The van der Waals surface area contributed by atoms with E-state index in [0.717, 1.165) is 13.0 Å². The third-order valence-electron chi connectivity index (χ3n) is 7.94. The molecule has 2 aliphatic rings. The number of hydrogen-bond acceptors (Lipinski definition) is 18. The van der Waals surface area contributed by atoms with Crippen LogP contribution in [0.25, 0.3) is 22.3 Å². The summed E-state index contributed by atoms with van der Waals surface area (Å²) in [5, 5.41) is 94.5. The van der Waals surface area contributed by atoms with Crippen LogP contribution in [0, 0.1) is 0 Å². The molecule has 9 N–H and O–H groups in total. The zero-order chi connectivity index (χ0) is 35.2. The number of benzene rings is 2. The van der Waals surface area contributed by atoms with Crippen molar-refractivity contribution >= 4 is 16.9 Å². The van der Waals surface area contributed by atoms with Crippen LogP contribution in [0.15, 0.2) is 33.5 Å². The highest BCUT2D eigenvalue weighted by molar-refractivity contribution is 5.93. The van der Waals surface area contributed by atoms with E-state index in [1.54, 1.807) is 0 Å². The molecule has 18 heteroatoms. The number of aliphatic hydroxyl groups excluding tert-OH is 5. The van der Waals surface area contributed by atoms with E-state index in [0.29, 0.717) is 0 Å². The van der Waals surface area contributed by atoms with E-state index in [9.17, 15) is 55.5 Å². The number of methoxy groups -OCH3 is 1. The first-order chi connectivity index (χ1) is 22.6. The van der Waals surface area contributed by atoms with E-state index in [2.05, 4.69) is 0 Å². The summed E-state index contributed by atoms with van der Waals surface area (Å²) >= 11 is 0. The Morgan fingerprint density at radius 3 is 2.21 bits per heavy atom. The van der Waals surface area contributed by atoms with Crippen molar-refractivity contribution in [3.63, 3.8) is 0 Å². The predicted molar refractivity (Wildman–Crippen MR) is 156 cm³/mol. The number of phenolic OH excluding ortho intramolecular Hbond substituents is 3. The van der Waals surface area contributed by atoms with Gasteiger partial charge in [0, 0.05) is 18.6 Å². The maximum absolute atomic E-state index is 13.1. The summed E-state index contributed by atoms with van der Waals surface area (Å²) in [7, 11) is 1.26. The van der Waals surface area contributed by atoms with E-state index >= 15 is 0 Å². The first kappa shape index (κ1) is 34.9. The van der Waals surface area contributed by atoms with E-state index in [4.69, 9.17) is 32.8 Å². The minimum Gasteiger partial charge on any atom is -0.507 e. The summed E-state index contributed by atoms with van der Waals surface area (Å²) in [5.41, 5.74) is -1.82. The molecule has 1 aromatic heterocycles. The van der Waals surface area contributed by atoms with Crippen LogP contribution in [0.2, 0.25) is 0 Å². The Balaban J connectivity index is 1.56. The molecular formula is C30H34O18. The van der Waals surface area contributed by atoms with Gasteiger partial charge in [-0.15, -0.1) is 0 Å². The number of ether oxygens (including phenoxy) is 6. The lowest BCUT2D eigenvalue weighted by atomic mass is 9.97. The quantitative estimate of drug-likeness (QED) is 0.101. The Hall–Kier alpha value is -4.40. The lowest BCUT2D eigenvalue weighted by Gasteiger charge is -2.45. The molecule has 0 aliphatic carbocycles. The molecule has 0 spiro atoms. The molecule has 10 atom stereocenters. The summed E-state index contributed by atoms with van der Waals surface area (Å²) in [6.07, 6.45) is -16.8. The Kier molecular flexibility index (Phi) is 9.90. The van der Waals surface area contributed by atoms with Crippen LogP contribution in [0.5, 0.6) is 34.5 Å². The normalized spacial score (nSPS) is 30.6. The van der Waals surface area contributed by atoms with Gasteiger partial charge in [-0.1, -0.05) is 0 Å². The maximum atomic E-state index is 13.1. The lowest BCUT2D eigenvalue weighted by Crippen LogP contribution is -2.64. The van der Waals surface area contributed by atoms with Gasteiger partial charge in [-0.25, -0.2) is 0 Å². The Morgan fingerprint density at radius 1 is 0.833 bits per heavy atom. The minimum absolute atomic E-state index is 0.0217. The van der Waals surface area contributed by atoms with Gasteiger partial charge >= 0.3 is 5.97 Å². The summed E-state index contributed by atoms with van der Waals surface area (Å²) < 4.78 is 38.2. The van der Waals surface area contributed by atoms with Crippen LogP contribution in [-0.4, -0.2) is 127 Å². The van der Waals surface area contributed by atoms with E-state index in [1.807, 2.05) is 0 Å². The smallest absolute Gasteiger partial charge is 0.302 e. The number of phenols is 3. The lowest BCUT2D eigenvalue weighted by molar-refractivity contribution is -0.354. The summed E-state index contributed by atoms with van der Waals surface area (Å²) in [6, 6.07) is 4.44. The molecule has 0 amide bonds. The van der Waals surface area contributed by atoms with Crippen LogP contribution >= 0.6 is 0 Å². The number of fused-ring (bicyclic) bond motifs is 1. The van der Waals surface area contributed by atoms with Crippen LogP contribution in [0.3, 0.4) is 0 Å². The third kappa shape index (κ3) is 6.39. The second-order valence-corrected chi connectivity index (χ2v) is 11.2. The van der Waals surface area contributed by atoms with Crippen LogP contribution < -0.4 is 14.9 Å². The number of rotatable bonds is 8. The fourth-order valence-corrected chi connectivity index (χ4v) is 5.29. The number of carbonyl (C=O) groups excluding carboxylic acids is 1. The molecule has 18 nitrogen and oxygen atoms in total. The van der Waals surface area contributed by atoms with Gasteiger partial charge in [0.05, 0.1) is 13.2 Å². The van der Waals surface area contributed by atoms with Crippen molar-refractivity contribution in [2.75, 3.05) is 13.7 Å². The highest BCUT2D eigenvalue weighted by atomic mass is 16.8. The van der Waals surface area contributed by atoms with Crippen LogP contribution in [0.1, 0.15) is 13.8 Å². The van der Waals surface area contributed by atoms with Gasteiger partial charge in [0.1, 0.15) is 54.4 Å². The third-order valence-corrected chi connectivity index (χ3v) is 7.94. The van der Waals surface area contributed by atoms with Crippen molar-refractivity contribution in [3.05, 3.63) is 34.5 Å². The fraction of sp³-hybridized carbons (Fsp3) is 0.467. The van der Waals surface area contributed by atoms with Crippen molar-refractivity contribution in [3.8, 4) is 45.8 Å². The Labute approximate surface area is 270 Å². The standard InChI is InChI=1S/C30H34O18/c1-9-18(34)22(38)25(41)29(44-9)48-28-23(39)19(35)16(8-43-10(2)31)46-30(28)45-15-7-13(33)17-21(37)24(40)26(47-27(17)20(15)36)11-4-5-12(32)14(6-11)42-3/h4-7,9,16,18-19,22-23,25,28-30,32-36,38-41H,8H2,1-3H3/t9-,16-,18+,19-,22-,23+,25-,28+,29+,30-/m1/s1. The molecule has 2 aliphatic heterocycles. The van der Waals surface area contributed by atoms with Crippen molar-refractivity contribution in [1.82, 2.24) is 0 Å². The van der Waals surface area contributed by atoms with Crippen molar-refractivity contribution in [2.45, 2.75) is 75.3 Å². The molecule has 0 saturated carbocycles. The average molecular weight is 683 g/mol. The van der Waals surface area contributed by atoms with Gasteiger partial charge in [-0.3, -0.25) is 9.59 Å². The molecule has 262 valence electrons. The van der Waals surface area contributed by atoms with Crippen molar-refractivity contribution in [1.29, 1.82) is 0 Å². The topological polar surface area (TPSA) is 285 Å². The van der Waals surface area contributed by atoms with Gasteiger partial charge in [-0.2, -0.15) is 0 Å². The molecule has 3 heterocycles. The fourth-order valence-electron chi connectivity index (χ4n) is 5.29. The highest BCUT2D eigenvalue weighted by Gasteiger charge is 2.51. The van der Waals surface area contributed by atoms with E-state index in [1.165, 1.54) is 32.2 Å². The zero-order valence-corrected chi connectivity index (χ0v) is 25.5. The zero-order valence-electron chi connectivity index (χ0n) is 25.5. The second kappa shape index (κ2) is 13.6. The molecular weight excluding hydrogens is 648 g/mol. The van der Waals surface area contributed by atoms with Gasteiger partial charge in [0.25, 0.3) is 0 Å². The number of hydrogen-bond donors (Lipinski definition) is 9. The summed E-state index contributed by atoms with van der Waals surface area (Å²) in [5.74, 6) is -4.95. The number of aliphatic hydroxyl groups is 5. The van der Waals surface area contributed by atoms with E-state index in [-0.39, 0.29) is 17.1 Å². The number of esters is 1. The summed E-state index contributed by atoms with van der Waals surface area (Å²) in [4.78, 5) is 24.6. The molecule has 3 aromatic rings. The van der Waals surface area contributed by atoms with Gasteiger partial charge < -0.3 is 78.8 Å². The van der Waals surface area contributed by atoms with Crippen molar-refractivity contribution in [2.24, 2.45) is 0 Å². The molecule has 48 heavy (non-hydrogen) atoms. The molecule has 0 bridgehead atoms. The molecule has 5 rings (SSSR count). The molecule has 0 unspecified atom stereocenters. The van der Waals surface area contributed by atoms with Gasteiger partial charge in [-0.05, 0) is 25.1 Å². The average Bonchev–Trinajstić information content (AvgIpc) is 3.05. The van der Waals surface area contributed by atoms with Gasteiger partial charge in [0.15, 0.2) is 41.0 Å². The van der Waals surface area contributed by atoms with Crippen LogP contribution in [-0.2, 0) is 23.7 Å². The number of carbonyl (C=O) groups is 1. The molecule has 0 radical (unpaired) electrons. The second-order valence-electron chi connectivity index (χ2n) is 11.2. The molecule has 2 saturated heterocycles. The highest BCUT2D eigenvalue weighted by Crippen LogP contribution is 2.44. The largest absolute Gasteiger partial charge is 0.507 e. The predicted octanol–water partition coefficient (Wildman–Crippen LogP) is -1.11. The SMILES string of the molecule is COc1cc(-c2oc3c(O)c(O[C@@H]4O[C@H](COC(C)=O)[C@@H](O)[C@H](O)[C@@H]4O[C@@H]4O[C@H](C)[C@H](O)[C@@H](O)[C@H]4O)cc(O)c3c(=O)c2O)ccc1O. The molecule has 2 aromatic carbocycles. The first-order valence-electron chi connectivity index (χ1n) is 14.4. The maximum Gasteiger partial charge on any atom is 0.302 e. The van der Waals surface area contributed by atoms with Crippen LogP contribution in [0.4, 0.5) is 0 Å². The monoisotopic (exact) mass is 682 g/mol. The van der Waals surface area contributed by atoms with E-state index < -0.39 is 119 Å². The van der Waals surface area contributed by atoms with Gasteiger partial charge in [0.2, 0.25) is 23.2 Å². The minimum atomic E-state index is -1.93. The number of aromatic hydroxyl groups is 4. The summed E-state index contributed by atoms with van der Waals surface area (Å²) in [6.45, 7) is 1.86. The first-order valence-corrected chi connectivity index (χ1v) is 14.4. The Bertz CT molecular complexity index is 1720.